The molecule has 2 aromatic rings. The number of benzene rings is 2. The second-order valence-corrected chi connectivity index (χ2v) is 4.39. The number of nitrogens with zero attached hydrogens (tertiary/aromatic N) is 1. The van der Waals surface area contributed by atoms with Crippen LogP contribution in [0.25, 0.3) is 0 Å². The molecule has 0 bridgehead atoms. The Balaban J connectivity index is 1.78. The van der Waals surface area contributed by atoms with Crippen LogP contribution in [0.4, 0.5) is 17.1 Å². The summed E-state index contributed by atoms with van der Waals surface area (Å²) in [5.74, 6) is 0.815. The van der Waals surface area contributed by atoms with Gasteiger partial charge in [0.1, 0.15) is 5.75 Å². The first kappa shape index (κ1) is 14.6. The fourth-order valence-corrected chi connectivity index (χ4v) is 1.85. The summed E-state index contributed by atoms with van der Waals surface area (Å²) in [5.41, 5.74) is 1.82. The van der Waals surface area contributed by atoms with Gasteiger partial charge in [-0.15, -0.1) is 0 Å². The van der Waals surface area contributed by atoms with Gasteiger partial charge in [0.25, 0.3) is 5.69 Å². The minimum Gasteiger partial charge on any atom is -0.497 e. The van der Waals surface area contributed by atoms with Gasteiger partial charge in [0.05, 0.1) is 12.0 Å². The first-order valence-corrected chi connectivity index (χ1v) is 6.55. The van der Waals surface area contributed by atoms with Crippen molar-refractivity contribution < 1.29 is 9.66 Å². The highest BCUT2D eigenvalue weighted by Gasteiger charge is 2.04. The lowest BCUT2D eigenvalue weighted by atomic mass is 10.3. The van der Waals surface area contributed by atoms with Gasteiger partial charge in [0.15, 0.2) is 0 Å². The Kier molecular flexibility index (Phi) is 4.98. The summed E-state index contributed by atoms with van der Waals surface area (Å²) in [4.78, 5) is 10.3. The van der Waals surface area contributed by atoms with E-state index in [1.807, 2.05) is 24.3 Å². The Labute approximate surface area is 122 Å². The fourth-order valence-electron chi connectivity index (χ4n) is 1.85. The zero-order chi connectivity index (χ0) is 15.1. The van der Waals surface area contributed by atoms with E-state index in [1.165, 1.54) is 12.1 Å². The second-order valence-electron chi connectivity index (χ2n) is 4.39. The predicted octanol–water partition coefficient (Wildman–Crippen LogP) is 3.13. The molecule has 0 radical (unpaired) electrons. The summed E-state index contributed by atoms with van der Waals surface area (Å²) in [7, 11) is 1.63. The van der Waals surface area contributed by atoms with Crippen LogP contribution in [0, 0.1) is 10.1 Å². The number of hydrogen-bond acceptors (Lipinski definition) is 5. The van der Waals surface area contributed by atoms with Gasteiger partial charge in [0, 0.05) is 36.6 Å². The summed E-state index contributed by atoms with van der Waals surface area (Å²) in [6.45, 7) is 1.36. The van der Waals surface area contributed by atoms with Crippen LogP contribution in [0.2, 0.25) is 0 Å². The molecule has 0 spiro atoms. The third-order valence-electron chi connectivity index (χ3n) is 2.93. The van der Waals surface area contributed by atoms with Crippen LogP contribution in [0.1, 0.15) is 0 Å². The Bertz CT molecular complexity index is 599. The van der Waals surface area contributed by atoms with Crippen LogP contribution >= 0.6 is 0 Å². The van der Waals surface area contributed by atoms with E-state index < -0.39 is 4.92 Å². The Morgan fingerprint density at radius 1 is 1.05 bits per heavy atom. The van der Waals surface area contributed by atoms with Gasteiger partial charge < -0.3 is 15.4 Å². The second kappa shape index (κ2) is 7.14. The zero-order valence-corrected chi connectivity index (χ0v) is 11.7. The van der Waals surface area contributed by atoms with E-state index in [9.17, 15) is 10.1 Å². The number of rotatable bonds is 7. The summed E-state index contributed by atoms with van der Waals surface area (Å²) in [6, 6.07) is 14.1. The monoisotopic (exact) mass is 287 g/mol. The molecule has 2 aromatic carbocycles. The van der Waals surface area contributed by atoms with E-state index in [2.05, 4.69) is 10.6 Å². The highest BCUT2D eigenvalue weighted by molar-refractivity contribution is 5.51. The lowest BCUT2D eigenvalue weighted by Gasteiger charge is -2.09. The molecule has 0 saturated carbocycles. The first-order valence-electron chi connectivity index (χ1n) is 6.55. The maximum Gasteiger partial charge on any atom is 0.271 e. The molecular formula is C15H17N3O3. The van der Waals surface area contributed by atoms with Gasteiger partial charge in [0.2, 0.25) is 0 Å². The Hall–Kier alpha value is -2.76. The third-order valence-corrected chi connectivity index (χ3v) is 2.93. The van der Waals surface area contributed by atoms with E-state index in [1.54, 1.807) is 19.2 Å². The van der Waals surface area contributed by atoms with E-state index in [0.717, 1.165) is 17.1 Å². The number of nitro groups is 1. The molecule has 0 atom stereocenters. The summed E-state index contributed by atoms with van der Waals surface area (Å²) < 4.78 is 5.09. The summed E-state index contributed by atoms with van der Waals surface area (Å²) >= 11 is 0. The van der Waals surface area contributed by atoms with Crippen molar-refractivity contribution in [1.82, 2.24) is 0 Å². The van der Waals surface area contributed by atoms with E-state index in [-0.39, 0.29) is 5.69 Å². The molecule has 0 aliphatic heterocycles. The number of ether oxygens (including phenoxy) is 1. The molecule has 0 heterocycles. The average molecular weight is 287 g/mol. The molecule has 6 heteroatoms. The zero-order valence-electron chi connectivity index (χ0n) is 11.7. The maximum absolute atomic E-state index is 10.7. The van der Waals surface area contributed by atoms with Crippen molar-refractivity contribution in [3.8, 4) is 5.75 Å². The molecule has 0 aromatic heterocycles. The topological polar surface area (TPSA) is 76.4 Å². The standard InChI is InChI=1S/C15H17N3O3/c1-21-15-7-5-12(6-8-15)16-9-10-17-13-3-2-4-14(11-13)18(19)20/h2-8,11,16-17H,9-10H2,1H3. The molecule has 0 amide bonds. The minimum atomic E-state index is -0.402. The molecule has 0 aliphatic carbocycles. The van der Waals surface area contributed by atoms with Gasteiger partial charge in [-0.3, -0.25) is 10.1 Å². The molecule has 21 heavy (non-hydrogen) atoms. The van der Waals surface area contributed by atoms with E-state index in [4.69, 9.17) is 4.74 Å². The number of methoxy groups -OCH3 is 1. The number of hydrogen-bond donors (Lipinski definition) is 2. The van der Waals surface area contributed by atoms with Crippen molar-refractivity contribution in [2.45, 2.75) is 0 Å². The van der Waals surface area contributed by atoms with Crippen molar-refractivity contribution in [3.63, 3.8) is 0 Å². The average Bonchev–Trinajstić information content (AvgIpc) is 2.52. The Morgan fingerprint density at radius 2 is 1.71 bits per heavy atom. The minimum absolute atomic E-state index is 0.0862. The lowest BCUT2D eigenvalue weighted by molar-refractivity contribution is -0.384. The molecule has 2 N–H and O–H groups in total. The molecule has 0 aliphatic rings. The van der Waals surface area contributed by atoms with E-state index >= 15 is 0 Å². The van der Waals surface area contributed by atoms with Crippen LogP contribution in [-0.4, -0.2) is 25.1 Å². The van der Waals surface area contributed by atoms with Gasteiger partial charge in [-0.1, -0.05) is 6.07 Å². The van der Waals surface area contributed by atoms with E-state index in [0.29, 0.717) is 13.1 Å². The van der Waals surface area contributed by atoms with Crippen molar-refractivity contribution >= 4 is 17.1 Å². The van der Waals surface area contributed by atoms with Crippen molar-refractivity contribution in [2.24, 2.45) is 0 Å². The largest absolute Gasteiger partial charge is 0.497 e. The van der Waals surface area contributed by atoms with Gasteiger partial charge in [-0.05, 0) is 30.3 Å². The Morgan fingerprint density at radius 3 is 2.33 bits per heavy atom. The fraction of sp³-hybridized carbons (Fsp3) is 0.200. The molecule has 0 unspecified atom stereocenters. The molecule has 110 valence electrons. The smallest absolute Gasteiger partial charge is 0.271 e. The molecular weight excluding hydrogens is 270 g/mol. The van der Waals surface area contributed by atoms with Crippen LogP contribution in [0.3, 0.4) is 0 Å². The normalized spacial score (nSPS) is 9.95. The SMILES string of the molecule is COc1ccc(NCCNc2cccc([N+](=O)[O-])c2)cc1. The van der Waals surface area contributed by atoms with Crippen molar-refractivity contribution in [3.05, 3.63) is 58.6 Å². The number of non-ortho nitro benzene ring substituents is 1. The predicted molar refractivity (Wildman–Crippen MR) is 83.1 cm³/mol. The number of anilines is 2. The quantitative estimate of drug-likeness (QED) is 0.465. The highest BCUT2D eigenvalue weighted by Crippen LogP contribution is 2.17. The third kappa shape index (κ3) is 4.38. The lowest BCUT2D eigenvalue weighted by Crippen LogP contribution is -2.13. The van der Waals surface area contributed by atoms with Gasteiger partial charge >= 0.3 is 0 Å². The van der Waals surface area contributed by atoms with Crippen LogP contribution in [0.5, 0.6) is 5.75 Å². The molecule has 6 nitrogen and oxygen atoms in total. The van der Waals surface area contributed by atoms with Gasteiger partial charge in [-0.2, -0.15) is 0 Å². The summed E-state index contributed by atoms with van der Waals surface area (Å²) in [6.07, 6.45) is 0. The van der Waals surface area contributed by atoms with Crippen LogP contribution in [0.15, 0.2) is 48.5 Å². The van der Waals surface area contributed by atoms with Gasteiger partial charge in [-0.25, -0.2) is 0 Å². The molecule has 0 fully saturated rings. The maximum atomic E-state index is 10.7. The van der Waals surface area contributed by atoms with Crippen LogP contribution in [-0.2, 0) is 0 Å². The molecule has 2 rings (SSSR count). The number of nitro benzene ring substituents is 1. The number of nitrogens with one attached hydrogen (secondary N) is 2. The first-order chi connectivity index (χ1) is 10.2. The molecule has 0 saturated heterocycles. The van der Waals surface area contributed by atoms with Crippen molar-refractivity contribution in [2.75, 3.05) is 30.8 Å². The summed E-state index contributed by atoms with van der Waals surface area (Å²) in [5, 5.41) is 17.1. The van der Waals surface area contributed by atoms with Crippen molar-refractivity contribution in [1.29, 1.82) is 0 Å². The van der Waals surface area contributed by atoms with Crippen LogP contribution < -0.4 is 15.4 Å². The highest BCUT2D eigenvalue weighted by atomic mass is 16.6.